The van der Waals surface area contributed by atoms with Crippen molar-refractivity contribution in [3.05, 3.63) is 72.8 Å². The molecule has 0 radical (unpaired) electrons. The fourth-order valence-electron chi connectivity index (χ4n) is 2.63. The van der Waals surface area contributed by atoms with E-state index in [0.29, 0.717) is 0 Å². The van der Waals surface area contributed by atoms with Gasteiger partial charge in [-0.15, -0.1) is 0 Å². The van der Waals surface area contributed by atoms with Crippen LogP contribution in [0, 0.1) is 0 Å². The van der Waals surface area contributed by atoms with Crippen molar-refractivity contribution in [3.8, 4) is 0 Å². The number of benzene rings is 4. The molecule has 0 aliphatic carbocycles. The molecule has 0 atom stereocenters. The van der Waals surface area contributed by atoms with E-state index in [-0.39, 0.29) is 18.9 Å². The summed E-state index contributed by atoms with van der Waals surface area (Å²) in [5.41, 5.74) is 0. The largest absolute Gasteiger partial charge is 0.0616 e. The van der Waals surface area contributed by atoms with Crippen LogP contribution in [0.4, 0.5) is 0 Å². The maximum Gasteiger partial charge on any atom is -0.0171 e. The molecular weight excluding hydrogens is 223 g/mol. The van der Waals surface area contributed by atoms with Crippen LogP contribution in [0.3, 0.4) is 0 Å². The van der Waals surface area contributed by atoms with E-state index >= 15 is 0 Å². The molecule has 0 spiro atoms. The molecule has 0 nitrogen and oxygen atoms in total. The van der Waals surface area contributed by atoms with Crippen molar-refractivity contribution in [2.24, 2.45) is 0 Å². The zero-order valence-electron chi connectivity index (χ0n) is 9.93. The molecule has 0 amide bonds. The second-order valence-corrected chi connectivity index (χ2v) is 4.75. The molecule has 0 fully saturated rings. The maximum atomic E-state index is 2.27. The van der Waals surface area contributed by atoms with Crippen molar-refractivity contribution in [2.45, 2.75) is 0 Å². The molecule has 4 aromatic rings. The van der Waals surface area contributed by atoms with Crippen molar-refractivity contribution in [2.75, 3.05) is 0 Å². The summed E-state index contributed by atoms with van der Waals surface area (Å²) in [5.74, 6) is 0. The number of fused-ring (bicyclic) bond motifs is 3. The van der Waals surface area contributed by atoms with Crippen LogP contribution in [0.2, 0.25) is 0 Å². The first kappa shape index (κ1) is 12.3. The van der Waals surface area contributed by atoms with Crippen LogP contribution in [0.5, 0.6) is 0 Å². The molecule has 4 rings (SSSR count). The third-order valence-corrected chi connectivity index (χ3v) is 3.57. The van der Waals surface area contributed by atoms with E-state index in [4.69, 9.17) is 0 Å². The van der Waals surface area contributed by atoms with Gasteiger partial charge >= 0.3 is 18.9 Å². The summed E-state index contributed by atoms with van der Waals surface area (Å²) in [6.07, 6.45) is 0. The number of hydrogen-bond acceptors (Lipinski definition) is 0. The van der Waals surface area contributed by atoms with Gasteiger partial charge in [0.05, 0.1) is 0 Å². The quantitative estimate of drug-likeness (QED) is 0.311. The van der Waals surface area contributed by atoms with Crippen LogP contribution in [0.25, 0.3) is 32.3 Å². The van der Waals surface area contributed by atoms with Gasteiger partial charge in [-0.3, -0.25) is 0 Å². The van der Waals surface area contributed by atoms with Crippen LogP contribution in [0.1, 0.15) is 0 Å². The first-order valence-corrected chi connectivity index (χ1v) is 6.21. The Bertz CT molecular complexity index is 734. The van der Waals surface area contributed by atoms with Gasteiger partial charge in [-0.2, -0.15) is 0 Å². The zero-order valence-corrected chi connectivity index (χ0v) is 9.93. The molecule has 0 saturated carbocycles. The molecule has 19 heavy (non-hydrogen) atoms. The molecule has 0 heterocycles. The van der Waals surface area contributed by atoms with Crippen molar-refractivity contribution >= 4 is 51.2 Å². The Balaban J connectivity index is 0.00000110. The average molecular weight is 236 g/mol. The predicted octanol–water partition coefficient (Wildman–Crippen LogP) is 4.50. The molecule has 86 valence electrons. The molecular formula is C18H13Li. The van der Waals surface area contributed by atoms with Gasteiger partial charge in [0.1, 0.15) is 0 Å². The topological polar surface area (TPSA) is 0 Å². The summed E-state index contributed by atoms with van der Waals surface area (Å²) >= 11 is 0. The SMILES string of the molecule is [LiH].c1ccc2cc3cc4ccccc4cc3cc2c1. The van der Waals surface area contributed by atoms with Gasteiger partial charge < -0.3 is 0 Å². The summed E-state index contributed by atoms with van der Waals surface area (Å²) in [6, 6.07) is 26.2. The molecule has 0 bridgehead atoms. The first-order chi connectivity index (χ1) is 8.90. The van der Waals surface area contributed by atoms with Crippen molar-refractivity contribution in [1.29, 1.82) is 0 Å². The van der Waals surface area contributed by atoms with Crippen molar-refractivity contribution < 1.29 is 0 Å². The Labute approximate surface area is 124 Å². The van der Waals surface area contributed by atoms with E-state index in [1.165, 1.54) is 32.3 Å². The minimum absolute atomic E-state index is 0. The van der Waals surface area contributed by atoms with Crippen LogP contribution in [-0.2, 0) is 0 Å². The molecule has 0 unspecified atom stereocenters. The maximum absolute atomic E-state index is 2.27. The second kappa shape index (κ2) is 4.74. The third-order valence-electron chi connectivity index (χ3n) is 3.57. The van der Waals surface area contributed by atoms with Crippen LogP contribution in [-0.4, -0.2) is 18.9 Å². The van der Waals surface area contributed by atoms with Crippen LogP contribution < -0.4 is 0 Å². The second-order valence-electron chi connectivity index (χ2n) is 4.75. The number of rotatable bonds is 0. The fraction of sp³-hybridized carbons (Fsp3) is 0. The van der Waals surface area contributed by atoms with Crippen LogP contribution >= 0.6 is 0 Å². The first-order valence-electron chi connectivity index (χ1n) is 6.21. The Kier molecular flexibility index (Phi) is 3.07. The number of hydrogen-bond donors (Lipinski definition) is 0. The summed E-state index contributed by atoms with van der Waals surface area (Å²) in [7, 11) is 0. The average Bonchev–Trinajstić information content (AvgIpc) is 2.42. The Morgan fingerprint density at radius 1 is 0.368 bits per heavy atom. The molecule has 4 aromatic carbocycles. The molecule has 0 aromatic heterocycles. The Morgan fingerprint density at radius 3 is 0.895 bits per heavy atom. The van der Waals surface area contributed by atoms with Crippen LogP contribution in [0.15, 0.2) is 72.8 Å². The zero-order chi connectivity index (χ0) is 11.9. The van der Waals surface area contributed by atoms with Gasteiger partial charge in [0.25, 0.3) is 0 Å². The standard InChI is InChI=1S/C18H12.Li.H/c1-2-6-14-10-18-12-16-8-4-3-7-15(16)11-17(18)9-13(14)5-1;;/h1-12H;;. The Hall–Kier alpha value is -1.74. The molecule has 0 N–H and O–H groups in total. The smallest absolute Gasteiger partial charge is 0.0171 e. The van der Waals surface area contributed by atoms with E-state index in [1.54, 1.807) is 0 Å². The normalized spacial score (nSPS) is 10.7. The summed E-state index contributed by atoms with van der Waals surface area (Å²) in [4.78, 5) is 0. The Morgan fingerprint density at radius 2 is 0.632 bits per heavy atom. The summed E-state index contributed by atoms with van der Waals surface area (Å²) in [6.45, 7) is 0. The fourth-order valence-corrected chi connectivity index (χ4v) is 2.63. The van der Waals surface area contributed by atoms with Gasteiger partial charge in [-0.05, 0) is 56.6 Å². The molecule has 0 saturated heterocycles. The van der Waals surface area contributed by atoms with Crippen molar-refractivity contribution in [1.82, 2.24) is 0 Å². The van der Waals surface area contributed by atoms with Gasteiger partial charge in [-0.1, -0.05) is 48.5 Å². The van der Waals surface area contributed by atoms with Gasteiger partial charge in [-0.25, -0.2) is 0 Å². The van der Waals surface area contributed by atoms with E-state index in [9.17, 15) is 0 Å². The van der Waals surface area contributed by atoms with Gasteiger partial charge in [0.15, 0.2) is 0 Å². The summed E-state index contributed by atoms with van der Waals surface area (Å²) < 4.78 is 0. The molecule has 1 heteroatoms. The third kappa shape index (κ3) is 2.04. The van der Waals surface area contributed by atoms with Crippen molar-refractivity contribution in [3.63, 3.8) is 0 Å². The molecule has 0 aliphatic heterocycles. The van der Waals surface area contributed by atoms with E-state index in [2.05, 4.69) is 72.8 Å². The van der Waals surface area contributed by atoms with E-state index < -0.39 is 0 Å². The van der Waals surface area contributed by atoms with E-state index in [1.807, 2.05) is 0 Å². The predicted molar refractivity (Wildman–Crippen MR) is 86.1 cm³/mol. The minimum atomic E-state index is 0. The summed E-state index contributed by atoms with van der Waals surface area (Å²) in [5, 5.41) is 7.85. The minimum Gasteiger partial charge on any atom is -0.0616 e. The monoisotopic (exact) mass is 236 g/mol. The van der Waals surface area contributed by atoms with E-state index in [0.717, 1.165) is 0 Å². The van der Waals surface area contributed by atoms with Gasteiger partial charge in [0, 0.05) is 0 Å². The van der Waals surface area contributed by atoms with Gasteiger partial charge in [0.2, 0.25) is 0 Å². The molecule has 0 aliphatic rings.